The second-order valence-electron chi connectivity index (χ2n) is 6.20. The molecule has 0 aliphatic heterocycles. The molecular weight excluding hydrogens is 446 g/mol. The van der Waals surface area contributed by atoms with Crippen LogP contribution >= 0.6 is 23.5 Å². The van der Waals surface area contributed by atoms with E-state index >= 15 is 0 Å². The zero-order chi connectivity index (χ0) is 22.6. The van der Waals surface area contributed by atoms with Gasteiger partial charge in [-0.1, -0.05) is 36.9 Å². The number of nitrogens with zero attached hydrogens (tertiary/aromatic N) is 6. The van der Waals surface area contributed by atoms with Crippen molar-refractivity contribution in [2.45, 2.75) is 22.1 Å². The molecule has 0 bridgehead atoms. The molecule has 11 nitrogen and oxygen atoms in total. The molecule has 2 heterocycles. The third-order valence-corrected chi connectivity index (χ3v) is 5.40. The Morgan fingerprint density at radius 1 is 0.750 bits per heavy atom. The van der Waals surface area contributed by atoms with Crippen molar-refractivity contribution in [3.8, 4) is 0 Å². The Morgan fingerprint density at radius 3 is 1.91 bits per heavy atom. The number of anilines is 4. The molecule has 0 fully saturated rings. The molecule has 0 unspecified atom stereocenters. The highest BCUT2D eigenvalue weighted by Gasteiger charge is 2.09. The predicted molar refractivity (Wildman–Crippen MR) is 131 cm³/mol. The summed E-state index contributed by atoms with van der Waals surface area (Å²) in [5.74, 6) is 2.88. The lowest BCUT2D eigenvalue weighted by Crippen LogP contribution is -2.19. The summed E-state index contributed by atoms with van der Waals surface area (Å²) in [7, 11) is 1.78. The van der Waals surface area contributed by atoms with Gasteiger partial charge in [-0.25, -0.2) is 0 Å². The van der Waals surface area contributed by atoms with Crippen LogP contribution in [0.25, 0.3) is 0 Å². The van der Waals surface area contributed by atoms with E-state index in [1.54, 1.807) is 18.8 Å². The van der Waals surface area contributed by atoms with E-state index in [4.69, 9.17) is 5.73 Å². The van der Waals surface area contributed by atoms with Crippen LogP contribution in [0.15, 0.2) is 45.5 Å². The minimum Gasteiger partial charge on any atom is -0.357 e. The summed E-state index contributed by atoms with van der Waals surface area (Å²) < 4.78 is 0. The largest absolute Gasteiger partial charge is 0.357 e. The average molecular weight is 474 g/mol. The Labute approximate surface area is 195 Å². The highest BCUT2D eigenvalue weighted by atomic mass is 32.2. The van der Waals surface area contributed by atoms with E-state index in [0.717, 1.165) is 10.6 Å². The van der Waals surface area contributed by atoms with Gasteiger partial charge < -0.3 is 27.0 Å². The van der Waals surface area contributed by atoms with Crippen molar-refractivity contribution in [1.82, 2.24) is 29.9 Å². The SMILES string of the molecule is CCSc1nc(NCCN)nc(NCCNc2nc(NC)nc(Sc3ccccc3)n2)n1. The maximum Gasteiger partial charge on any atom is 0.228 e. The van der Waals surface area contributed by atoms with Gasteiger partial charge in [-0.05, 0) is 29.6 Å². The van der Waals surface area contributed by atoms with Gasteiger partial charge in [-0.15, -0.1) is 0 Å². The van der Waals surface area contributed by atoms with Gasteiger partial charge in [0.1, 0.15) is 0 Å². The van der Waals surface area contributed by atoms with Gasteiger partial charge in [0.15, 0.2) is 10.3 Å². The molecule has 0 saturated carbocycles. The molecule has 6 N–H and O–H groups in total. The number of nitrogens with two attached hydrogens (primary N) is 1. The first-order valence-electron chi connectivity index (χ1n) is 10.2. The van der Waals surface area contributed by atoms with Gasteiger partial charge in [0.2, 0.25) is 23.8 Å². The zero-order valence-electron chi connectivity index (χ0n) is 18.0. The van der Waals surface area contributed by atoms with E-state index in [9.17, 15) is 0 Å². The molecule has 0 spiro atoms. The summed E-state index contributed by atoms with van der Waals surface area (Å²) in [4.78, 5) is 27.6. The van der Waals surface area contributed by atoms with Gasteiger partial charge in [0.25, 0.3) is 0 Å². The highest BCUT2D eigenvalue weighted by Crippen LogP contribution is 2.25. The summed E-state index contributed by atoms with van der Waals surface area (Å²) in [6.07, 6.45) is 0. The minimum absolute atomic E-state index is 0.493. The van der Waals surface area contributed by atoms with Crippen LogP contribution in [0, 0.1) is 0 Å². The maximum absolute atomic E-state index is 5.55. The second kappa shape index (κ2) is 12.8. The number of thioether (sulfide) groups is 1. The van der Waals surface area contributed by atoms with Crippen LogP contribution in [0.4, 0.5) is 23.8 Å². The Morgan fingerprint density at radius 2 is 1.31 bits per heavy atom. The van der Waals surface area contributed by atoms with E-state index in [1.165, 1.54) is 11.8 Å². The lowest BCUT2D eigenvalue weighted by Gasteiger charge is -2.11. The summed E-state index contributed by atoms with van der Waals surface area (Å²) in [6.45, 7) is 4.28. The van der Waals surface area contributed by atoms with Crippen LogP contribution in [0.2, 0.25) is 0 Å². The zero-order valence-corrected chi connectivity index (χ0v) is 19.6. The normalized spacial score (nSPS) is 10.6. The summed E-state index contributed by atoms with van der Waals surface area (Å²) in [5, 5.41) is 13.8. The maximum atomic E-state index is 5.55. The number of benzene rings is 1. The Balaban J connectivity index is 1.59. The molecule has 170 valence electrons. The fraction of sp³-hybridized carbons (Fsp3) is 0.368. The Hall–Kier alpha value is -2.90. The van der Waals surface area contributed by atoms with Crippen LogP contribution in [0.1, 0.15) is 6.92 Å². The first-order chi connectivity index (χ1) is 15.7. The van der Waals surface area contributed by atoms with Gasteiger partial charge in [-0.3, -0.25) is 0 Å². The second-order valence-corrected chi connectivity index (χ2v) is 8.47. The number of rotatable bonds is 13. The number of hydrogen-bond acceptors (Lipinski definition) is 13. The van der Waals surface area contributed by atoms with Crippen molar-refractivity contribution in [1.29, 1.82) is 0 Å². The van der Waals surface area contributed by atoms with E-state index in [-0.39, 0.29) is 0 Å². The van der Waals surface area contributed by atoms with Crippen LogP contribution < -0.4 is 27.0 Å². The van der Waals surface area contributed by atoms with Crippen molar-refractivity contribution >= 4 is 47.3 Å². The van der Waals surface area contributed by atoms with E-state index in [0.29, 0.717) is 60.3 Å². The van der Waals surface area contributed by atoms with Crippen molar-refractivity contribution < 1.29 is 0 Å². The molecule has 0 radical (unpaired) electrons. The number of hydrogen-bond donors (Lipinski definition) is 5. The monoisotopic (exact) mass is 473 g/mol. The molecule has 3 aromatic rings. The molecule has 0 saturated heterocycles. The first-order valence-corrected chi connectivity index (χ1v) is 12.0. The van der Waals surface area contributed by atoms with E-state index in [2.05, 4.69) is 58.1 Å². The molecule has 0 atom stereocenters. The van der Waals surface area contributed by atoms with Crippen LogP contribution in [0.3, 0.4) is 0 Å². The first kappa shape index (κ1) is 23.8. The fourth-order valence-electron chi connectivity index (χ4n) is 2.43. The molecule has 2 aromatic heterocycles. The van der Waals surface area contributed by atoms with E-state index in [1.807, 2.05) is 30.3 Å². The van der Waals surface area contributed by atoms with Gasteiger partial charge in [0.05, 0.1) is 0 Å². The van der Waals surface area contributed by atoms with Gasteiger partial charge in [0, 0.05) is 38.1 Å². The van der Waals surface area contributed by atoms with Crippen LogP contribution in [-0.2, 0) is 0 Å². The molecule has 0 aliphatic rings. The van der Waals surface area contributed by atoms with E-state index < -0.39 is 0 Å². The molecule has 3 rings (SSSR count). The van der Waals surface area contributed by atoms with Crippen molar-refractivity contribution in [3.63, 3.8) is 0 Å². The standard InChI is InChI=1S/C19H27N11S2/c1-3-31-18-28-15(22-10-9-20)26-17(29-18)24-12-11-23-16-25-14(21-2)27-19(30-16)32-13-7-5-4-6-8-13/h4-8H,3,9-12,20H2,1-2H3,(H2,21,23,25,27,30)(H2,22,24,26,28,29). The quantitative estimate of drug-likeness (QED) is 0.182. The van der Waals surface area contributed by atoms with Crippen molar-refractivity contribution in [3.05, 3.63) is 30.3 Å². The Bertz CT molecular complexity index is 975. The summed E-state index contributed by atoms with van der Waals surface area (Å²) >= 11 is 3.03. The molecule has 13 heteroatoms. The molecule has 1 aromatic carbocycles. The summed E-state index contributed by atoms with van der Waals surface area (Å²) in [6, 6.07) is 9.97. The summed E-state index contributed by atoms with van der Waals surface area (Å²) in [5.41, 5.74) is 5.55. The molecule has 32 heavy (non-hydrogen) atoms. The lowest BCUT2D eigenvalue weighted by molar-refractivity contribution is 0.872. The third kappa shape index (κ3) is 7.66. The molecule has 0 aliphatic carbocycles. The lowest BCUT2D eigenvalue weighted by atomic mass is 10.4. The smallest absolute Gasteiger partial charge is 0.228 e. The number of nitrogens with one attached hydrogen (secondary N) is 4. The Kier molecular flexibility index (Phi) is 9.53. The highest BCUT2D eigenvalue weighted by molar-refractivity contribution is 7.99. The minimum atomic E-state index is 0.493. The van der Waals surface area contributed by atoms with Gasteiger partial charge in [-0.2, -0.15) is 29.9 Å². The average Bonchev–Trinajstić information content (AvgIpc) is 2.81. The van der Waals surface area contributed by atoms with Crippen LogP contribution in [0.5, 0.6) is 0 Å². The number of aromatic nitrogens is 6. The third-order valence-electron chi connectivity index (χ3n) is 3.80. The topological polar surface area (TPSA) is 151 Å². The van der Waals surface area contributed by atoms with Crippen molar-refractivity contribution in [2.75, 3.05) is 60.2 Å². The molecule has 0 amide bonds. The van der Waals surface area contributed by atoms with Gasteiger partial charge >= 0.3 is 0 Å². The predicted octanol–water partition coefficient (Wildman–Crippen LogP) is 2.26. The molecular formula is C19H27N11S2. The fourth-order valence-corrected chi connectivity index (χ4v) is 3.76. The van der Waals surface area contributed by atoms with Crippen molar-refractivity contribution in [2.24, 2.45) is 5.73 Å². The van der Waals surface area contributed by atoms with Crippen LogP contribution in [-0.4, -0.2) is 68.9 Å².